The van der Waals surface area contributed by atoms with Gasteiger partial charge in [-0.15, -0.1) is 0 Å². The largest absolute Gasteiger partial charge is 0.417 e. The predicted molar refractivity (Wildman–Crippen MR) is 89.4 cm³/mol. The molecule has 1 fully saturated rings. The van der Waals surface area contributed by atoms with Crippen LogP contribution in [0.4, 0.5) is 19.0 Å². The molecule has 3 rings (SSSR count). The normalized spacial score (nSPS) is 17.6. The van der Waals surface area contributed by atoms with Gasteiger partial charge in [-0.25, -0.2) is 4.98 Å². The molecule has 1 amide bonds. The van der Waals surface area contributed by atoms with Crippen molar-refractivity contribution in [3.05, 3.63) is 41.3 Å². The van der Waals surface area contributed by atoms with Crippen molar-refractivity contribution in [2.75, 3.05) is 18.0 Å². The number of halogens is 3. The van der Waals surface area contributed by atoms with Crippen LogP contribution in [-0.4, -0.2) is 33.8 Å². The van der Waals surface area contributed by atoms with Crippen LogP contribution < -0.4 is 10.2 Å². The number of carbonyl (C=O) groups excluding carboxylic acids is 1. The van der Waals surface area contributed by atoms with Gasteiger partial charge in [-0.3, -0.25) is 9.48 Å². The van der Waals surface area contributed by atoms with Gasteiger partial charge in [0.2, 0.25) is 5.91 Å². The molecule has 2 aromatic rings. The minimum atomic E-state index is -4.40. The zero-order valence-corrected chi connectivity index (χ0v) is 14.5. The fourth-order valence-electron chi connectivity index (χ4n) is 2.97. The number of nitrogens with zero attached hydrogens (tertiary/aromatic N) is 4. The van der Waals surface area contributed by atoms with E-state index in [4.69, 9.17) is 0 Å². The van der Waals surface area contributed by atoms with Crippen LogP contribution in [0.2, 0.25) is 0 Å². The molecule has 0 aliphatic carbocycles. The van der Waals surface area contributed by atoms with E-state index >= 15 is 0 Å². The number of anilines is 1. The number of alkyl halides is 3. The quantitative estimate of drug-likeness (QED) is 0.901. The van der Waals surface area contributed by atoms with Gasteiger partial charge in [0.25, 0.3) is 0 Å². The number of pyridine rings is 1. The number of aryl methyl sites for hydroxylation is 1. The summed E-state index contributed by atoms with van der Waals surface area (Å²) in [5, 5.41) is 7.04. The zero-order chi connectivity index (χ0) is 18.9. The molecule has 0 spiro atoms. The molecule has 0 unspecified atom stereocenters. The highest BCUT2D eigenvalue weighted by atomic mass is 19.4. The summed E-state index contributed by atoms with van der Waals surface area (Å²) in [5.74, 6) is 0.176. The molecule has 3 heterocycles. The van der Waals surface area contributed by atoms with Crippen molar-refractivity contribution < 1.29 is 18.0 Å². The summed E-state index contributed by atoms with van der Waals surface area (Å²) in [4.78, 5) is 18.1. The molecule has 0 radical (unpaired) electrons. The van der Waals surface area contributed by atoms with Gasteiger partial charge in [-0.1, -0.05) is 0 Å². The van der Waals surface area contributed by atoms with Crippen molar-refractivity contribution in [1.29, 1.82) is 0 Å². The fraction of sp³-hybridized carbons (Fsp3) is 0.471. The highest BCUT2D eigenvalue weighted by Crippen LogP contribution is 2.30. The van der Waals surface area contributed by atoms with Crippen molar-refractivity contribution in [1.82, 2.24) is 20.1 Å². The minimum absolute atomic E-state index is 0.0670. The maximum Gasteiger partial charge on any atom is 0.417 e. The molecule has 140 valence electrons. The van der Waals surface area contributed by atoms with Gasteiger partial charge >= 0.3 is 6.18 Å². The van der Waals surface area contributed by atoms with Gasteiger partial charge in [0.15, 0.2) is 0 Å². The van der Waals surface area contributed by atoms with Crippen LogP contribution in [-0.2, 0) is 24.6 Å². The summed E-state index contributed by atoms with van der Waals surface area (Å²) in [6.45, 7) is 3.37. The number of aromatic nitrogens is 3. The van der Waals surface area contributed by atoms with Crippen molar-refractivity contribution in [2.24, 2.45) is 13.0 Å². The van der Waals surface area contributed by atoms with E-state index in [9.17, 15) is 18.0 Å². The third-order valence-corrected chi connectivity index (χ3v) is 4.75. The van der Waals surface area contributed by atoms with Crippen molar-refractivity contribution in [3.8, 4) is 0 Å². The van der Waals surface area contributed by atoms with Gasteiger partial charge in [0, 0.05) is 44.1 Å². The Labute approximate surface area is 149 Å². The predicted octanol–water partition coefficient (Wildman–Crippen LogP) is 2.29. The Kier molecular flexibility index (Phi) is 4.88. The second-order valence-corrected chi connectivity index (χ2v) is 6.43. The summed E-state index contributed by atoms with van der Waals surface area (Å²) in [5.41, 5.74) is 1.17. The standard InChI is InChI=1S/C17H20F3N5O/c1-11-13(8-23-24(11)2)7-22-16(26)12-5-6-25(10-12)15-4-3-14(9-21-15)17(18,19)20/h3-4,8-9,12H,5-7,10H2,1-2H3,(H,22,26)/t12-/m1/s1. The summed E-state index contributed by atoms with van der Waals surface area (Å²) >= 11 is 0. The Morgan fingerprint density at radius 2 is 2.12 bits per heavy atom. The first-order valence-corrected chi connectivity index (χ1v) is 8.29. The summed E-state index contributed by atoms with van der Waals surface area (Å²) < 4.78 is 39.6. The lowest BCUT2D eigenvalue weighted by molar-refractivity contribution is -0.137. The molecule has 1 atom stereocenters. The maximum atomic E-state index is 12.6. The van der Waals surface area contributed by atoms with E-state index in [1.807, 2.05) is 18.9 Å². The van der Waals surface area contributed by atoms with E-state index < -0.39 is 11.7 Å². The summed E-state index contributed by atoms with van der Waals surface area (Å²) in [6.07, 6.45) is -1.21. The lowest BCUT2D eigenvalue weighted by Crippen LogP contribution is -2.32. The van der Waals surface area contributed by atoms with Crippen molar-refractivity contribution in [3.63, 3.8) is 0 Å². The minimum Gasteiger partial charge on any atom is -0.356 e. The van der Waals surface area contributed by atoms with Crippen LogP contribution in [0.15, 0.2) is 24.5 Å². The number of nitrogens with one attached hydrogen (secondary N) is 1. The molecule has 6 nitrogen and oxygen atoms in total. The molecule has 0 aromatic carbocycles. The smallest absolute Gasteiger partial charge is 0.356 e. The number of rotatable bonds is 4. The van der Waals surface area contributed by atoms with Gasteiger partial charge in [-0.2, -0.15) is 18.3 Å². The molecule has 1 N–H and O–H groups in total. The van der Waals surface area contributed by atoms with Crippen LogP contribution in [0.25, 0.3) is 0 Å². The Bertz CT molecular complexity index is 785. The SMILES string of the molecule is Cc1c(CNC(=O)[C@@H]2CCN(c3ccc(C(F)(F)F)cn3)C2)cnn1C. The van der Waals surface area contributed by atoms with Gasteiger partial charge in [0.1, 0.15) is 5.82 Å². The second kappa shape index (κ2) is 6.97. The van der Waals surface area contributed by atoms with Crippen molar-refractivity contribution >= 4 is 11.7 Å². The van der Waals surface area contributed by atoms with E-state index in [0.29, 0.717) is 31.9 Å². The number of hydrogen-bond donors (Lipinski definition) is 1. The molecule has 0 bridgehead atoms. The van der Waals surface area contributed by atoms with E-state index in [1.165, 1.54) is 6.07 Å². The molecule has 9 heteroatoms. The number of hydrogen-bond acceptors (Lipinski definition) is 4. The van der Waals surface area contributed by atoms with E-state index in [-0.39, 0.29) is 11.8 Å². The number of amides is 1. The number of carbonyl (C=O) groups is 1. The van der Waals surface area contributed by atoms with Crippen molar-refractivity contribution in [2.45, 2.75) is 26.1 Å². The van der Waals surface area contributed by atoms with Crippen LogP contribution in [0, 0.1) is 12.8 Å². The lowest BCUT2D eigenvalue weighted by Gasteiger charge is -2.18. The average Bonchev–Trinajstić information content (AvgIpc) is 3.21. The molecule has 2 aromatic heterocycles. The molecule has 1 aliphatic heterocycles. The fourth-order valence-corrected chi connectivity index (χ4v) is 2.97. The maximum absolute atomic E-state index is 12.6. The Morgan fingerprint density at radius 1 is 1.35 bits per heavy atom. The van der Waals surface area contributed by atoms with Crippen LogP contribution in [0.3, 0.4) is 0 Å². The molecular weight excluding hydrogens is 347 g/mol. The molecule has 1 saturated heterocycles. The van der Waals surface area contributed by atoms with E-state index in [2.05, 4.69) is 15.4 Å². The van der Waals surface area contributed by atoms with E-state index in [0.717, 1.165) is 23.5 Å². The Hall–Kier alpha value is -2.58. The summed E-state index contributed by atoms with van der Waals surface area (Å²) in [6, 6.07) is 2.36. The monoisotopic (exact) mass is 367 g/mol. The van der Waals surface area contributed by atoms with E-state index in [1.54, 1.807) is 10.9 Å². The zero-order valence-electron chi connectivity index (χ0n) is 14.5. The third-order valence-electron chi connectivity index (χ3n) is 4.75. The second-order valence-electron chi connectivity index (χ2n) is 6.43. The molecule has 1 aliphatic rings. The van der Waals surface area contributed by atoms with Gasteiger partial charge < -0.3 is 10.2 Å². The third kappa shape index (κ3) is 3.81. The first kappa shape index (κ1) is 18.2. The highest BCUT2D eigenvalue weighted by Gasteiger charge is 2.32. The highest BCUT2D eigenvalue weighted by molar-refractivity contribution is 5.80. The first-order valence-electron chi connectivity index (χ1n) is 8.29. The Balaban J connectivity index is 1.56. The summed E-state index contributed by atoms with van der Waals surface area (Å²) in [7, 11) is 1.84. The first-order chi connectivity index (χ1) is 12.3. The average molecular weight is 367 g/mol. The topological polar surface area (TPSA) is 63.1 Å². The Morgan fingerprint density at radius 3 is 2.69 bits per heavy atom. The van der Waals surface area contributed by atoms with Crippen LogP contribution >= 0.6 is 0 Å². The lowest BCUT2D eigenvalue weighted by atomic mass is 10.1. The molecule has 0 saturated carbocycles. The van der Waals surface area contributed by atoms with Gasteiger partial charge in [-0.05, 0) is 25.5 Å². The van der Waals surface area contributed by atoms with Gasteiger partial charge in [0.05, 0.1) is 17.7 Å². The van der Waals surface area contributed by atoms with Crippen LogP contribution in [0.5, 0.6) is 0 Å². The van der Waals surface area contributed by atoms with Crippen LogP contribution in [0.1, 0.15) is 23.2 Å². The molecule has 26 heavy (non-hydrogen) atoms. The molecular formula is C17H20F3N5O.